The minimum absolute atomic E-state index is 0.0713. The summed E-state index contributed by atoms with van der Waals surface area (Å²) in [7, 11) is 1.61. The normalized spacial score (nSPS) is 14.1. The van der Waals surface area contributed by atoms with Crippen molar-refractivity contribution in [2.24, 2.45) is 0 Å². The Balaban J connectivity index is 4.16. The van der Waals surface area contributed by atoms with Crippen LogP contribution in [0.5, 0.6) is 0 Å². The monoisotopic (exact) mass is 879 g/mol. The van der Waals surface area contributed by atoms with Crippen molar-refractivity contribution in [3.63, 3.8) is 0 Å². The maximum atomic E-state index is 12.7. The van der Waals surface area contributed by atoms with Crippen molar-refractivity contribution >= 4 is 13.8 Å². The van der Waals surface area contributed by atoms with Crippen molar-refractivity contribution < 1.29 is 37.3 Å². The highest BCUT2D eigenvalue weighted by Crippen LogP contribution is 2.43. The van der Waals surface area contributed by atoms with E-state index in [1.54, 1.807) is 6.08 Å². The lowest BCUT2D eigenvalue weighted by atomic mass is 10.0. The van der Waals surface area contributed by atoms with E-state index in [1.165, 1.54) is 141 Å². The number of carbonyl (C=O) groups is 1. The average Bonchev–Trinajstić information content (AvgIpc) is 3.22. The second-order valence-corrected chi connectivity index (χ2v) is 19.3. The van der Waals surface area contributed by atoms with Crippen LogP contribution in [0.1, 0.15) is 206 Å². The standard InChI is InChI=1S/C52H96NO7P/c1-6-8-10-12-14-16-18-20-22-23-24-25-26-27-28-29-30-32-34-36-38-40-42-44-47-57-49-51(50-59-61(55,56)58-48-46-53(3,4)5)60-52(54)45-43-41-39-37-35-33-31-21-19-17-15-13-11-9-7-2/h9,11,15,17,21,31,35,37,41,43,51H,6-8,10,12-14,16,18-20,22-30,32-34,36,38-40,42,44-50H2,1-5H3/p+1/b11-9-,17-15-,31-21-,37-35-,43-41-. The van der Waals surface area contributed by atoms with E-state index in [0.29, 0.717) is 17.6 Å². The molecule has 61 heavy (non-hydrogen) atoms. The number of quaternary nitrogens is 1. The van der Waals surface area contributed by atoms with Crippen molar-refractivity contribution in [3.8, 4) is 0 Å². The minimum atomic E-state index is -4.30. The fourth-order valence-electron chi connectivity index (χ4n) is 6.81. The van der Waals surface area contributed by atoms with Crippen LogP contribution in [0.2, 0.25) is 0 Å². The maximum absolute atomic E-state index is 12.7. The zero-order valence-corrected chi connectivity index (χ0v) is 41.3. The molecule has 356 valence electrons. The summed E-state index contributed by atoms with van der Waals surface area (Å²) < 4.78 is 34.9. The molecule has 0 saturated carbocycles. The Morgan fingerprint density at radius 2 is 0.885 bits per heavy atom. The Morgan fingerprint density at radius 3 is 1.28 bits per heavy atom. The van der Waals surface area contributed by atoms with E-state index < -0.39 is 19.9 Å². The molecular weight excluding hydrogens is 782 g/mol. The van der Waals surface area contributed by atoms with Gasteiger partial charge in [0.25, 0.3) is 0 Å². The van der Waals surface area contributed by atoms with E-state index in [-0.39, 0.29) is 26.2 Å². The summed E-state index contributed by atoms with van der Waals surface area (Å²) in [6, 6.07) is 0. The lowest BCUT2D eigenvalue weighted by Crippen LogP contribution is -2.37. The van der Waals surface area contributed by atoms with Gasteiger partial charge in [0.15, 0.2) is 0 Å². The number of nitrogens with zero attached hydrogens (tertiary/aromatic N) is 1. The molecule has 0 amide bonds. The molecular formula is C52H97NO7P+. The van der Waals surface area contributed by atoms with E-state index in [1.807, 2.05) is 27.2 Å². The zero-order valence-electron chi connectivity index (χ0n) is 40.4. The predicted octanol–water partition coefficient (Wildman–Crippen LogP) is 15.3. The molecule has 0 aromatic carbocycles. The number of allylic oxidation sites excluding steroid dienone is 9. The van der Waals surface area contributed by atoms with Crippen LogP contribution in [-0.2, 0) is 27.9 Å². The Hall–Kier alpha value is -1.80. The molecule has 2 atom stereocenters. The molecule has 8 nitrogen and oxygen atoms in total. The molecule has 0 heterocycles. The van der Waals surface area contributed by atoms with Gasteiger partial charge in [-0.1, -0.05) is 222 Å². The van der Waals surface area contributed by atoms with Crippen LogP contribution in [0.3, 0.4) is 0 Å². The van der Waals surface area contributed by atoms with Gasteiger partial charge in [0.2, 0.25) is 0 Å². The number of likely N-dealkylation sites (N-methyl/N-ethyl adjacent to an activating group) is 1. The predicted molar refractivity (Wildman–Crippen MR) is 261 cm³/mol. The number of ether oxygens (including phenoxy) is 2. The van der Waals surface area contributed by atoms with Crippen LogP contribution in [0.4, 0.5) is 0 Å². The van der Waals surface area contributed by atoms with E-state index in [9.17, 15) is 14.3 Å². The third-order valence-corrected chi connectivity index (χ3v) is 11.6. The van der Waals surface area contributed by atoms with Crippen molar-refractivity contribution in [1.29, 1.82) is 0 Å². The smallest absolute Gasteiger partial charge is 0.457 e. The van der Waals surface area contributed by atoms with Crippen LogP contribution in [0.25, 0.3) is 0 Å². The molecule has 0 aliphatic rings. The van der Waals surface area contributed by atoms with Crippen LogP contribution < -0.4 is 0 Å². The minimum Gasteiger partial charge on any atom is -0.457 e. The summed E-state index contributed by atoms with van der Waals surface area (Å²) in [5.74, 6) is -0.438. The molecule has 1 N–H and O–H groups in total. The van der Waals surface area contributed by atoms with E-state index in [4.69, 9.17) is 18.5 Å². The number of esters is 1. The molecule has 9 heteroatoms. The number of carbonyl (C=O) groups excluding carboxylic acids is 1. The van der Waals surface area contributed by atoms with E-state index in [2.05, 4.69) is 62.5 Å². The third kappa shape index (κ3) is 49.1. The van der Waals surface area contributed by atoms with Gasteiger partial charge in [-0.05, 0) is 38.5 Å². The van der Waals surface area contributed by atoms with Gasteiger partial charge < -0.3 is 18.9 Å². The summed E-state index contributed by atoms with van der Waals surface area (Å²) in [6.07, 6.45) is 57.4. The molecule has 0 saturated heterocycles. The molecule has 0 bridgehead atoms. The molecule has 0 spiro atoms. The highest BCUT2D eigenvalue weighted by Gasteiger charge is 2.26. The number of hydrogen-bond donors (Lipinski definition) is 1. The first-order valence-electron chi connectivity index (χ1n) is 25.0. The lowest BCUT2D eigenvalue weighted by molar-refractivity contribution is -0.870. The number of hydrogen-bond acceptors (Lipinski definition) is 6. The van der Waals surface area contributed by atoms with Gasteiger partial charge in [0, 0.05) is 6.61 Å². The number of phosphoric ester groups is 1. The fraction of sp³-hybridized carbons (Fsp3) is 0.788. The van der Waals surface area contributed by atoms with Gasteiger partial charge in [-0.2, -0.15) is 0 Å². The third-order valence-electron chi connectivity index (χ3n) is 10.6. The van der Waals surface area contributed by atoms with Crippen LogP contribution in [0.15, 0.2) is 60.8 Å². The first kappa shape index (κ1) is 59.2. The zero-order chi connectivity index (χ0) is 44.8. The first-order chi connectivity index (χ1) is 29.6. The highest BCUT2D eigenvalue weighted by atomic mass is 31.2. The first-order valence-corrected chi connectivity index (χ1v) is 26.5. The summed E-state index contributed by atoms with van der Waals surface area (Å²) in [5, 5.41) is 0. The molecule has 2 unspecified atom stereocenters. The van der Waals surface area contributed by atoms with Crippen molar-refractivity contribution in [2.75, 3.05) is 54.1 Å². The van der Waals surface area contributed by atoms with Crippen molar-refractivity contribution in [1.82, 2.24) is 0 Å². The van der Waals surface area contributed by atoms with Crippen LogP contribution in [-0.4, -0.2) is 75.6 Å². The molecule has 0 aliphatic heterocycles. The van der Waals surface area contributed by atoms with Gasteiger partial charge in [0.1, 0.15) is 19.3 Å². The largest absolute Gasteiger partial charge is 0.472 e. The Labute approximate surface area is 377 Å². The number of unbranched alkanes of at least 4 members (excludes halogenated alkanes) is 23. The van der Waals surface area contributed by atoms with Gasteiger partial charge >= 0.3 is 13.8 Å². The van der Waals surface area contributed by atoms with Gasteiger partial charge in [-0.25, -0.2) is 4.57 Å². The number of rotatable bonds is 46. The SMILES string of the molecule is CC/C=C\C/C=C\C/C=C\C/C=C\C/C=C\CC(=O)OC(COCCCCCCCCCCCCCCCCCCCCCCCCCC)COP(=O)(O)OCC[N+](C)(C)C. The van der Waals surface area contributed by atoms with Gasteiger partial charge in [0.05, 0.1) is 40.8 Å². The molecule has 0 rings (SSSR count). The second-order valence-electron chi connectivity index (χ2n) is 17.8. The molecule has 0 aliphatic carbocycles. The maximum Gasteiger partial charge on any atom is 0.472 e. The summed E-state index contributed by atoms with van der Waals surface area (Å²) in [4.78, 5) is 22.9. The van der Waals surface area contributed by atoms with Gasteiger partial charge in [-0.15, -0.1) is 0 Å². The topological polar surface area (TPSA) is 91.3 Å². The summed E-state index contributed by atoms with van der Waals surface area (Å²) in [6.45, 7) is 5.40. The Bertz CT molecular complexity index is 1160. The Kier molecular flexibility index (Phi) is 43.5. The molecule has 0 fully saturated rings. The second kappa shape index (κ2) is 44.8. The summed E-state index contributed by atoms with van der Waals surface area (Å²) in [5.41, 5.74) is 0. The van der Waals surface area contributed by atoms with Crippen LogP contribution >= 0.6 is 7.82 Å². The molecule has 0 aromatic heterocycles. The molecule has 0 aromatic rings. The highest BCUT2D eigenvalue weighted by molar-refractivity contribution is 7.47. The van der Waals surface area contributed by atoms with Crippen LogP contribution in [0, 0.1) is 0 Å². The van der Waals surface area contributed by atoms with E-state index in [0.717, 1.165) is 44.9 Å². The number of phosphoric acid groups is 1. The lowest BCUT2D eigenvalue weighted by Gasteiger charge is -2.24. The average molecular weight is 879 g/mol. The quantitative estimate of drug-likeness (QED) is 0.0214. The van der Waals surface area contributed by atoms with E-state index >= 15 is 0 Å². The van der Waals surface area contributed by atoms with Crippen molar-refractivity contribution in [3.05, 3.63) is 60.8 Å². The molecule has 0 radical (unpaired) electrons. The van der Waals surface area contributed by atoms with Crippen molar-refractivity contribution in [2.45, 2.75) is 213 Å². The van der Waals surface area contributed by atoms with Gasteiger partial charge in [-0.3, -0.25) is 13.8 Å². The summed E-state index contributed by atoms with van der Waals surface area (Å²) >= 11 is 0. The fourth-order valence-corrected chi connectivity index (χ4v) is 7.55. The Morgan fingerprint density at radius 1 is 0.508 bits per heavy atom.